The molecule has 80 valence electrons. The standard InChI is InChI=1S/C13H19BO/c1-6-11-7(2)8(3)13(14)9(4)12(11)10(5)15/h6,14H2,1-5H3. The molecule has 2 heteroatoms. The van der Waals surface area contributed by atoms with E-state index in [4.69, 9.17) is 0 Å². The fraction of sp³-hybridized carbons (Fsp3) is 0.462. The summed E-state index contributed by atoms with van der Waals surface area (Å²) in [4.78, 5) is 11.7. The number of carbonyl (C=O) groups excluding carboxylic acids is 1. The predicted octanol–water partition coefficient (Wildman–Crippen LogP) is 1.64. The molecule has 1 aromatic carbocycles. The Bertz CT molecular complexity index is 419. The Morgan fingerprint density at radius 2 is 1.67 bits per heavy atom. The summed E-state index contributed by atoms with van der Waals surface area (Å²) >= 11 is 0. The van der Waals surface area contributed by atoms with Crippen LogP contribution in [0.25, 0.3) is 0 Å². The molecule has 0 aliphatic heterocycles. The van der Waals surface area contributed by atoms with E-state index in [2.05, 4.69) is 35.5 Å². The number of benzene rings is 1. The first-order valence-corrected chi connectivity index (χ1v) is 5.51. The molecule has 0 heterocycles. The lowest BCUT2D eigenvalue weighted by Gasteiger charge is -2.18. The highest BCUT2D eigenvalue weighted by atomic mass is 16.1. The van der Waals surface area contributed by atoms with Gasteiger partial charge in [-0.15, -0.1) is 0 Å². The average Bonchev–Trinajstić information content (AvgIpc) is 2.19. The first-order valence-electron chi connectivity index (χ1n) is 5.51. The van der Waals surface area contributed by atoms with Crippen LogP contribution in [0.1, 0.15) is 46.5 Å². The monoisotopic (exact) mass is 202 g/mol. The van der Waals surface area contributed by atoms with Crippen molar-refractivity contribution in [1.82, 2.24) is 0 Å². The lowest BCUT2D eigenvalue weighted by Crippen LogP contribution is -2.20. The molecule has 0 atom stereocenters. The molecule has 15 heavy (non-hydrogen) atoms. The van der Waals surface area contributed by atoms with E-state index >= 15 is 0 Å². The van der Waals surface area contributed by atoms with Gasteiger partial charge in [0.25, 0.3) is 0 Å². The molecule has 0 saturated carbocycles. The highest BCUT2D eigenvalue weighted by Crippen LogP contribution is 2.21. The minimum atomic E-state index is 0.190. The molecule has 0 amide bonds. The first kappa shape index (κ1) is 12.0. The van der Waals surface area contributed by atoms with Crippen molar-refractivity contribution in [3.05, 3.63) is 27.8 Å². The fourth-order valence-corrected chi connectivity index (χ4v) is 2.31. The molecule has 0 aromatic heterocycles. The van der Waals surface area contributed by atoms with Gasteiger partial charge >= 0.3 is 0 Å². The van der Waals surface area contributed by atoms with Crippen LogP contribution in [0, 0.1) is 20.8 Å². The Kier molecular flexibility index (Phi) is 3.38. The summed E-state index contributed by atoms with van der Waals surface area (Å²) in [7, 11) is 2.10. The van der Waals surface area contributed by atoms with Gasteiger partial charge in [-0.2, -0.15) is 0 Å². The van der Waals surface area contributed by atoms with Crippen LogP contribution in [0.3, 0.4) is 0 Å². The number of rotatable bonds is 2. The van der Waals surface area contributed by atoms with Gasteiger partial charge in [0.2, 0.25) is 0 Å². The first-order chi connectivity index (χ1) is 6.91. The van der Waals surface area contributed by atoms with Gasteiger partial charge in [-0.05, 0) is 50.8 Å². The smallest absolute Gasteiger partial charge is 0.160 e. The third-order valence-electron chi connectivity index (χ3n) is 3.52. The summed E-state index contributed by atoms with van der Waals surface area (Å²) in [5.74, 6) is 0.190. The van der Waals surface area contributed by atoms with Gasteiger partial charge in [-0.3, -0.25) is 4.79 Å². The van der Waals surface area contributed by atoms with Gasteiger partial charge in [0, 0.05) is 5.56 Å². The Balaban J connectivity index is 3.70. The lowest BCUT2D eigenvalue weighted by atomic mass is 9.78. The van der Waals surface area contributed by atoms with Crippen LogP contribution in [0.15, 0.2) is 0 Å². The van der Waals surface area contributed by atoms with Crippen molar-refractivity contribution in [2.24, 2.45) is 0 Å². The van der Waals surface area contributed by atoms with Crippen LogP contribution in [-0.4, -0.2) is 13.6 Å². The van der Waals surface area contributed by atoms with Crippen molar-refractivity contribution >= 4 is 19.1 Å². The second-order valence-electron chi connectivity index (χ2n) is 4.26. The quantitative estimate of drug-likeness (QED) is 0.526. The van der Waals surface area contributed by atoms with E-state index in [9.17, 15) is 4.79 Å². The van der Waals surface area contributed by atoms with Crippen LogP contribution >= 0.6 is 0 Å². The fourth-order valence-electron chi connectivity index (χ4n) is 2.31. The minimum absolute atomic E-state index is 0.190. The minimum Gasteiger partial charge on any atom is -0.294 e. The molecule has 0 saturated heterocycles. The summed E-state index contributed by atoms with van der Waals surface area (Å²) in [6.45, 7) is 10.1. The normalized spacial score (nSPS) is 10.5. The van der Waals surface area contributed by atoms with E-state index in [0.717, 1.165) is 17.5 Å². The van der Waals surface area contributed by atoms with Crippen molar-refractivity contribution in [3.8, 4) is 0 Å². The van der Waals surface area contributed by atoms with Crippen molar-refractivity contribution in [2.45, 2.75) is 41.0 Å². The summed E-state index contributed by atoms with van der Waals surface area (Å²) in [5, 5.41) is 0. The highest BCUT2D eigenvalue weighted by Gasteiger charge is 2.16. The maximum Gasteiger partial charge on any atom is 0.160 e. The van der Waals surface area contributed by atoms with Crippen LogP contribution in [0.5, 0.6) is 0 Å². The second-order valence-corrected chi connectivity index (χ2v) is 4.26. The molecule has 0 fully saturated rings. The number of Topliss-reactive ketones (excluding diaryl/α,β-unsaturated/α-hetero) is 1. The largest absolute Gasteiger partial charge is 0.294 e. The van der Waals surface area contributed by atoms with Crippen LogP contribution < -0.4 is 5.46 Å². The molecule has 1 aromatic rings. The summed E-state index contributed by atoms with van der Waals surface area (Å²) < 4.78 is 0. The Morgan fingerprint density at radius 1 is 1.13 bits per heavy atom. The molecular weight excluding hydrogens is 183 g/mol. The SMILES string of the molecule is Bc1c(C)c(C)c(CC)c(C(C)=O)c1C. The van der Waals surface area contributed by atoms with E-state index in [0.29, 0.717) is 0 Å². The van der Waals surface area contributed by atoms with Crippen molar-refractivity contribution in [2.75, 3.05) is 0 Å². The molecule has 1 rings (SSSR count). The van der Waals surface area contributed by atoms with Gasteiger partial charge in [0.05, 0.1) is 0 Å². The van der Waals surface area contributed by atoms with Crippen molar-refractivity contribution in [1.29, 1.82) is 0 Å². The Labute approximate surface area is 93.3 Å². The van der Waals surface area contributed by atoms with Crippen LogP contribution in [0.4, 0.5) is 0 Å². The molecule has 0 aliphatic rings. The molecule has 1 nitrogen and oxygen atoms in total. The zero-order valence-corrected chi connectivity index (χ0v) is 10.6. The Hall–Kier alpha value is -1.05. The third-order valence-corrected chi connectivity index (χ3v) is 3.52. The summed E-state index contributed by atoms with van der Waals surface area (Å²) in [5.41, 5.74) is 7.19. The van der Waals surface area contributed by atoms with Gasteiger partial charge in [0.1, 0.15) is 7.85 Å². The lowest BCUT2D eigenvalue weighted by molar-refractivity contribution is 0.101. The van der Waals surface area contributed by atoms with Crippen molar-refractivity contribution in [3.63, 3.8) is 0 Å². The molecular formula is C13H19BO. The molecule has 0 unspecified atom stereocenters. The topological polar surface area (TPSA) is 17.1 Å². The van der Waals surface area contributed by atoms with E-state index in [1.165, 1.54) is 22.2 Å². The number of carbonyl (C=O) groups is 1. The molecule has 0 spiro atoms. The zero-order chi connectivity index (χ0) is 11.7. The van der Waals surface area contributed by atoms with Gasteiger partial charge in [-0.1, -0.05) is 17.9 Å². The van der Waals surface area contributed by atoms with Gasteiger partial charge in [-0.25, -0.2) is 0 Å². The maximum absolute atomic E-state index is 11.7. The van der Waals surface area contributed by atoms with E-state index in [1.54, 1.807) is 6.92 Å². The Morgan fingerprint density at radius 3 is 2.07 bits per heavy atom. The van der Waals surface area contributed by atoms with E-state index in [-0.39, 0.29) is 5.78 Å². The molecule has 0 bridgehead atoms. The predicted molar refractivity (Wildman–Crippen MR) is 68.2 cm³/mol. The molecule has 0 N–H and O–H groups in total. The van der Waals surface area contributed by atoms with E-state index < -0.39 is 0 Å². The van der Waals surface area contributed by atoms with Crippen molar-refractivity contribution < 1.29 is 4.79 Å². The average molecular weight is 202 g/mol. The van der Waals surface area contributed by atoms with Crippen LogP contribution in [0.2, 0.25) is 0 Å². The second kappa shape index (κ2) is 4.22. The molecule has 0 aliphatic carbocycles. The van der Waals surface area contributed by atoms with Gasteiger partial charge in [0.15, 0.2) is 5.78 Å². The molecule has 0 radical (unpaired) electrons. The third kappa shape index (κ3) is 1.85. The summed E-state index contributed by atoms with van der Waals surface area (Å²) in [6.07, 6.45) is 0.933. The number of hydrogen-bond acceptors (Lipinski definition) is 1. The van der Waals surface area contributed by atoms with Gasteiger partial charge < -0.3 is 0 Å². The number of ketones is 1. The number of hydrogen-bond donors (Lipinski definition) is 0. The maximum atomic E-state index is 11.7. The van der Waals surface area contributed by atoms with E-state index in [1.807, 2.05) is 0 Å². The summed E-state index contributed by atoms with van der Waals surface area (Å²) in [6, 6.07) is 0. The highest BCUT2D eigenvalue weighted by molar-refractivity contribution is 6.35. The van der Waals surface area contributed by atoms with Crippen LogP contribution in [-0.2, 0) is 6.42 Å². The zero-order valence-electron chi connectivity index (χ0n) is 10.6.